The van der Waals surface area contributed by atoms with Crippen LogP contribution in [0.2, 0.25) is 0 Å². The van der Waals surface area contributed by atoms with Crippen molar-refractivity contribution in [1.82, 2.24) is 4.98 Å². The van der Waals surface area contributed by atoms with Crippen LogP contribution in [-0.4, -0.2) is 4.98 Å². The molecule has 1 nitrogen and oxygen atoms in total. The predicted molar refractivity (Wildman–Crippen MR) is 76.8 cm³/mol. The minimum atomic E-state index is 1.09. The minimum Gasteiger partial charge on any atom is -0.361 e. The normalized spacial score (nSPS) is 10.8. The lowest BCUT2D eigenvalue weighted by atomic mass is 10.2. The van der Waals surface area contributed by atoms with Gasteiger partial charge < -0.3 is 4.98 Å². The first-order chi connectivity index (χ1) is 7.79. The molecule has 0 saturated heterocycles. The van der Waals surface area contributed by atoms with E-state index in [1.807, 2.05) is 46.0 Å². The summed E-state index contributed by atoms with van der Waals surface area (Å²) in [5.41, 5.74) is 1.23. The molecule has 0 spiro atoms. The first-order valence-electron chi connectivity index (χ1n) is 5.89. The van der Waals surface area contributed by atoms with Gasteiger partial charge in [-0.25, -0.2) is 0 Å². The average Bonchev–Trinajstić information content (AvgIpc) is 2.68. The molecule has 0 radical (unpaired) electrons. The fourth-order valence-electron chi connectivity index (χ4n) is 1.15. The number of aromatic nitrogens is 1. The monoisotopic (exact) mass is 219 g/mol. The van der Waals surface area contributed by atoms with Gasteiger partial charge in [-0.15, -0.1) is 0 Å². The fourth-order valence-corrected chi connectivity index (χ4v) is 1.15. The van der Waals surface area contributed by atoms with Crippen LogP contribution in [0.4, 0.5) is 0 Å². The Hall–Kier alpha value is -1.50. The molecule has 0 fully saturated rings. The fraction of sp³-hybridized carbons (Fsp3) is 0.333. The highest BCUT2D eigenvalue weighted by atomic mass is 14.7. The topological polar surface area (TPSA) is 15.8 Å². The number of hydrogen-bond acceptors (Lipinski definition) is 0. The molecule has 1 N–H and O–H groups in total. The third-order valence-electron chi connectivity index (χ3n) is 1.73. The van der Waals surface area contributed by atoms with Crippen molar-refractivity contribution < 1.29 is 0 Å². The molecule has 0 aliphatic heterocycles. The van der Waals surface area contributed by atoms with Gasteiger partial charge in [0, 0.05) is 16.8 Å². The lowest BCUT2D eigenvalue weighted by Gasteiger charge is -1.80. The number of hydrogen-bond donors (Lipinski definition) is 1. The lowest BCUT2D eigenvalue weighted by molar-refractivity contribution is 1.32. The van der Waals surface area contributed by atoms with Gasteiger partial charge in [-0.3, -0.25) is 0 Å². The first-order valence-corrected chi connectivity index (χ1v) is 5.89. The number of H-pyrrole nitrogens is 1. The summed E-state index contributed by atoms with van der Waals surface area (Å²) in [6.45, 7) is 17.4. The van der Waals surface area contributed by atoms with Crippen LogP contribution in [0.25, 0.3) is 12.2 Å². The highest BCUT2D eigenvalue weighted by molar-refractivity contribution is 5.42. The van der Waals surface area contributed by atoms with Gasteiger partial charge in [0.2, 0.25) is 0 Å². The summed E-state index contributed by atoms with van der Waals surface area (Å²) in [5, 5.41) is 2.27. The van der Waals surface area contributed by atoms with Gasteiger partial charge in [-0.1, -0.05) is 59.1 Å². The van der Waals surface area contributed by atoms with Crippen molar-refractivity contribution in [3.63, 3.8) is 0 Å². The van der Waals surface area contributed by atoms with E-state index in [9.17, 15) is 0 Å². The van der Waals surface area contributed by atoms with Crippen molar-refractivity contribution in [2.75, 3.05) is 0 Å². The van der Waals surface area contributed by atoms with E-state index in [2.05, 4.69) is 25.1 Å². The Balaban J connectivity index is 0. The van der Waals surface area contributed by atoms with Crippen LogP contribution in [0.3, 0.4) is 0 Å². The van der Waals surface area contributed by atoms with Crippen molar-refractivity contribution in [2.24, 2.45) is 0 Å². The van der Waals surface area contributed by atoms with Crippen molar-refractivity contribution in [1.29, 1.82) is 0 Å². The second-order valence-corrected chi connectivity index (χ2v) is 2.60. The second kappa shape index (κ2) is 11.6. The van der Waals surface area contributed by atoms with E-state index in [-0.39, 0.29) is 0 Å². The standard InChI is InChI=1S/C11H13N.2C2H6/c1-4-6-10-9(3)8-12-11(10)7-5-2;2*1-2/h4-8,12H,1-2H2,3H3;2*1-2H3/b10-6-,11-7+;;. The lowest BCUT2D eigenvalue weighted by Crippen LogP contribution is -2.23. The average molecular weight is 219 g/mol. The molecule has 1 heterocycles. The molecular weight excluding hydrogens is 194 g/mol. The predicted octanol–water partition coefficient (Wildman–Crippen LogP) is 3.31. The molecule has 1 heteroatoms. The molecule has 1 aromatic rings. The van der Waals surface area contributed by atoms with E-state index >= 15 is 0 Å². The SMILES string of the molecule is C=C/C=c1/c(C)c[nH]/c1=C/C=C.CC.CC. The molecule has 0 amide bonds. The molecule has 1 rings (SSSR count). The zero-order valence-corrected chi connectivity index (χ0v) is 11.3. The maximum Gasteiger partial charge on any atom is 0.0456 e. The Labute approximate surface area is 99.9 Å². The van der Waals surface area contributed by atoms with Crippen molar-refractivity contribution in [3.8, 4) is 0 Å². The smallest absolute Gasteiger partial charge is 0.0456 e. The summed E-state index contributed by atoms with van der Waals surface area (Å²) < 4.78 is 0. The summed E-state index contributed by atoms with van der Waals surface area (Å²) in [6.07, 6.45) is 9.47. The Morgan fingerprint density at radius 1 is 1.00 bits per heavy atom. The number of allylic oxidation sites excluding steroid dienone is 2. The molecule has 0 saturated carbocycles. The maximum atomic E-state index is 3.67. The van der Waals surface area contributed by atoms with E-state index in [1.165, 1.54) is 10.8 Å². The van der Waals surface area contributed by atoms with E-state index in [4.69, 9.17) is 0 Å². The van der Waals surface area contributed by atoms with Crippen LogP contribution < -0.4 is 10.6 Å². The highest BCUT2D eigenvalue weighted by Crippen LogP contribution is 1.80. The van der Waals surface area contributed by atoms with Gasteiger partial charge in [0.15, 0.2) is 0 Å². The molecule has 16 heavy (non-hydrogen) atoms. The Kier molecular flexibility index (Phi) is 12.2. The molecular formula is C15H25N. The molecule has 0 aliphatic carbocycles. The Morgan fingerprint density at radius 2 is 1.50 bits per heavy atom. The van der Waals surface area contributed by atoms with Crippen LogP contribution in [0.5, 0.6) is 0 Å². The summed E-state index contributed by atoms with van der Waals surface area (Å²) >= 11 is 0. The largest absolute Gasteiger partial charge is 0.361 e. The number of nitrogens with one attached hydrogen (secondary N) is 1. The van der Waals surface area contributed by atoms with Gasteiger partial charge in [-0.2, -0.15) is 0 Å². The quantitative estimate of drug-likeness (QED) is 0.785. The third-order valence-corrected chi connectivity index (χ3v) is 1.73. The van der Waals surface area contributed by atoms with Gasteiger partial charge in [0.05, 0.1) is 0 Å². The Bertz CT molecular complexity index is 394. The first kappa shape index (κ1) is 16.9. The van der Waals surface area contributed by atoms with Crippen LogP contribution in [0.1, 0.15) is 33.3 Å². The molecule has 90 valence electrons. The molecule has 0 unspecified atom stereocenters. The van der Waals surface area contributed by atoms with Gasteiger partial charge in [0.1, 0.15) is 0 Å². The zero-order chi connectivity index (χ0) is 13.0. The van der Waals surface area contributed by atoms with Gasteiger partial charge >= 0.3 is 0 Å². The van der Waals surface area contributed by atoms with E-state index in [0.29, 0.717) is 0 Å². The van der Waals surface area contributed by atoms with Crippen LogP contribution in [0, 0.1) is 6.92 Å². The maximum absolute atomic E-state index is 3.67. The summed E-state index contributed by atoms with van der Waals surface area (Å²) in [7, 11) is 0. The zero-order valence-electron chi connectivity index (χ0n) is 11.3. The minimum absolute atomic E-state index is 1.09. The van der Waals surface area contributed by atoms with Crippen molar-refractivity contribution in [3.05, 3.63) is 47.6 Å². The molecule has 0 atom stereocenters. The summed E-state index contributed by atoms with van der Waals surface area (Å²) in [6, 6.07) is 0. The van der Waals surface area contributed by atoms with Gasteiger partial charge in [0.25, 0.3) is 0 Å². The van der Waals surface area contributed by atoms with Crippen LogP contribution in [-0.2, 0) is 0 Å². The third kappa shape index (κ3) is 5.40. The van der Waals surface area contributed by atoms with E-state index < -0.39 is 0 Å². The summed E-state index contributed by atoms with van der Waals surface area (Å²) in [5.74, 6) is 0. The highest BCUT2D eigenvalue weighted by Gasteiger charge is 1.89. The number of aromatic amines is 1. The molecule has 0 aliphatic rings. The van der Waals surface area contributed by atoms with Crippen LogP contribution in [0.15, 0.2) is 31.5 Å². The van der Waals surface area contributed by atoms with Crippen molar-refractivity contribution >= 4 is 12.2 Å². The molecule has 1 aromatic heterocycles. The Morgan fingerprint density at radius 3 is 1.94 bits per heavy atom. The van der Waals surface area contributed by atoms with Gasteiger partial charge in [-0.05, 0) is 18.6 Å². The number of rotatable bonds is 2. The second-order valence-electron chi connectivity index (χ2n) is 2.60. The van der Waals surface area contributed by atoms with Crippen LogP contribution >= 0.6 is 0 Å². The van der Waals surface area contributed by atoms with E-state index in [0.717, 1.165) is 5.35 Å². The number of aryl methyl sites for hydroxylation is 1. The van der Waals surface area contributed by atoms with E-state index in [1.54, 1.807) is 12.2 Å². The van der Waals surface area contributed by atoms with Crippen molar-refractivity contribution in [2.45, 2.75) is 34.6 Å². The molecule has 0 bridgehead atoms. The summed E-state index contributed by atoms with van der Waals surface area (Å²) in [4.78, 5) is 3.15. The molecule has 0 aromatic carbocycles.